The molecule has 1 aliphatic carbocycles. The van der Waals surface area contributed by atoms with E-state index >= 15 is 0 Å². The molecule has 1 aliphatic rings. The number of carbonyl (C=O) groups is 1. The zero-order valence-electron chi connectivity index (χ0n) is 12.2. The topological polar surface area (TPSA) is 26.3 Å². The van der Waals surface area contributed by atoms with Gasteiger partial charge in [-0.3, -0.25) is 4.79 Å². The first-order valence-corrected chi connectivity index (χ1v) is 7.36. The van der Waals surface area contributed by atoms with Gasteiger partial charge in [-0.05, 0) is 48.6 Å². The maximum absolute atomic E-state index is 11.5. The van der Waals surface area contributed by atoms with E-state index in [0.29, 0.717) is 11.8 Å². The lowest BCUT2D eigenvalue weighted by Crippen LogP contribution is -2.06. The fourth-order valence-corrected chi connectivity index (χ4v) is 2.88. The van der Waals surface area contributed by atoms with Crippen LogP contribution in [0.2, 0.25) is 0 Å². The molecule has 0 aromatic heterocycles. The molecule has 0 amide bonds. The molecule has 19 heavy (non-hydrogen) atoms. The maximum atomic E-state index is 11.5. The van der Waals surface area contributed by atoms with Crippen molar-refractivity contribution in [3.63, 3.8) is 0 Å². The second-order valence-corrected chi connectivity index (χ2v) is 5.56. The van der Waals surface area contributed by atoms with E-state index in [1.807, 2.05) is 0 Å². The molecule has 0 aliphatic heterocycles. The Kier molecular flexibility index (Phi) is 4.62. The standard InChI is InChI=1S/C17H24O2/c1-4-12-6-8-14(9-7-12)13(5-2)10-15-11-16(15)17(18)19-3/h6-9,13,15-16H,4-5,10-11H2,1-3H3. The van der Waals surface area contributed by atoms with E-state index in [2.05, 4.69) is 38.1 Å². The summed E-state index contributed by atoms with van der Waals surface area (Å²) in [5, 5.41) is 0. The monoisotopic (exact) mass is 260 g/mol. The van der Waals surface area contributed by atoms with Crippen molar-refractivity contribution in [2.75, 3.05) is 7.11 Å². The van der Waals surface area contributed by atoms with Crippen LogP contribution in [0.5, 0.6) is 0 Å². The normalized spacial score (nSPS) is 22.9. The minimum absolute atomic E-state index is 0.0267. The first-order valence-electron chi connectivity index (χ1n) is 7.36. The molecule has 2 heteroatoms. The molecule has 0 spiro atoms. The lowest BCUT2D eigenvalue weighted by molar-refractivity contribution is -0.142. The van der Waals surface area contributed by atoms with Gasteiger partial charge in [-0.1, -0.05) is 38.1 Å². The Bertz CT molecular complexity index is 421. The van der Waals surface area contributed by atoms with Gasteiger partial charge in [0.1, 0.15) is 0 Å². The number of methoxy groups -OCH3 is 1. The van der Waals surface area contributed by atoms with Crippen LogP contribution in [-0.2, 0) is 16.0 Å². The van der Waals surface area contributed by atoms with E-state index in [1.165, 1.54) is 18.2 Å². The Morgan fingerprint density at radius 3 is 2.53 bits per heavy atom. The molecule has 104 valence electrons. The number of aryl methyl sites for hydroxylation is 1. The zero-order chi connectivity index (χ0) is 13.8. The number of benzene rings is 1. The molecule has 3 unspecified atom stereocenters. The molecule has 0 N–H and O–H groups in total. The third-order valence-electron chi connectivity index (χ3n) is 4.37. The third-order valence-corrected chi connectivity index (χ3v) is 4.37. The molecule has 0 bridgehead atoms. The van der Waals surface area contributed by atoms with Gasteiger partial charge in [-0.25, -0.2) is 0 Å². The van der Waals surface area contributed by atoms with E-state index in [4.69, 9.17) is 4.74 Å². The van der Waals surface area contributed by atoms with Gasteiger partial charge in [0.25, 0.3) is 0 Å². The molecule has 2 rings (SSSR count). The predicted molar refractivity (Wildman–Crippen MR) is 77.1 cm³/mol. The third kappa shape index (κ3) is 3.37. The van der Waals surface area contributed by atoms with E-state index in [9.17, 15) is 4.79 Å². The zero-order valence-corrected chi connectivity index (χ0v) is 12.2. The van der Waals surface area contributed by atoms with Gasteiger partial charge < -0.3 is 4.74 Å². The van der Waals surface area contributed by atoms with Crippen molar-refractivity contribution in [2.45, 2.75) is 45.4 Å². The molecule has 0 saturated heterocycles. The second-order valence-electron chi connectivity index (χ2n) is 5.56. The van der Waals surface area contributed by atoms with Crippen LogP contribution in [0.25, 0.3) is 0 Å². The van der Waals surface area contributed by atoms with Crippen molar-refractivity contribution < 1.29 is 9.53 Å². The smallest absolute Gasteiger partial charge is 0.308 e. The van der Waals surface area contributed by atoms with Crippen LogP contribution in [0, 0.1) is 11.8 Å². The summed E-state index contributed by atoms with van der Waals surface area (Å²) < 4.78 is 4.82. The van der Waals surface area contributed by atoms with Gasteiger partial charge in [0.05, 0.1) is 13.0 Å². The van der Waals surface area contributed by atoms with Gasteiger partial charge >= 0.3 is 5.97 Å². The molecule has 1 saturated carbocycles. The lowest BCUT2D eigenvalue weighted by Gasteiger charge is -2.15. The number of hydrogen-bond acceptors (Lipinski definition) is 2. The Labute approximate surface area is 116 Å². The molecular weight excluding hydrogens is 236 g/mol. The summed E-state index contributed by atoms with van der Waals surface area (Å²) >= 11 is 0. The van der Waals surface area contributed by atoms with E-state index in [0.717, 1.165) is 25.7 Å². The molecule has 3 atom stereocenters. The Morgan fingerprint density at radius 1 is 1.32 bits per heavy atom. The Morgan fingerprint density at radius 2 is 2.00 bits per heavy atom. The number of hydrogen-bond donors (Lipinski definition) is 0. The predicted octanol–water partition coefficient (Wildman–Crippen LogP) is 3.94. The van der Waals surface area contributed by atoms with Crippen molar-refractivity contribution in [3.05, 3.63) is 35.4 Å². The summed E-state index contributed by atoms with van der Waals surface area (Å²) in [5.74, 6) is 1.24. The number of ether oxygens (including phenoxy) is 1. The minimum atomic E-state index is -0.0267. The van der Waals surface area contributed by atoms with Crippen molar-refractivity contribution in [1.29, 1.82) is 0 Å². The molecule has 1 aromatic carbocycles. The van der Waals surface area contributed by atoms with Crippen LogP contribution in [0.4, 0.5) is 0 Å². The van der Waals surface area contributed by atoms with Gasteiger partial charge in [-0.2, -0.15) is 0 Å². The SMILES string of the molecule is CCc1ccc(C(CC)CC2CC2C(=O)OC)cc1. The van der Waals surface area contributed by atoms with Crippen LogP contribution in [-0.4, -0.2) is 13.1 Å². The van der Waals surface area contributed by atoms with Crippen LogP contribution < -0.4 is 0 Å². The summed E-state index contributed by atoms with van der Waals surface area (Å²) in [6, 6.07) is 8.95. The highest BCUT2D eigenvalue weighted by Gasteiger charge is 2.44. The van der Waals surface area contributed by atoms with E-state index in [1.54, 1.807) is 0 Å². The van der Waals surface area contributed by atoms with Crippen LogP contribution in [0.1, 0.15) is 50.2 Å². The highest BCUT2D eigenvalue weighted by molar-refractivity contribution is 5.75. The molecule has 2 nitrogen and oxygen atoms in total. The first-order chi connectivity index (χ1) is 9.19. The highest BCUT2D eigenvalue weighted by atomic mass is 16.5. The highest BCUT2D eigenvalue weighted by Crippen LogP contribution is 2.46. The van der Waals surface area contributed by atoms with E-state index < -0.39 is 0 Å². The molecule has 0 radical (unpaired) electrons. The summed E-state index contributed by atoms with van der Waals surface area (Å²) in [4.78, 5) is 11.5. The van der Waals surface area contributed by atoms with Crippen LogP contribution in [0.3, 0.4) is 0 Å². The average Bonchev–Trinajstić information content (AvgIpc) is 3.23. The fourth-order valence-electron chi connectivity index (χ4n) is 2.88. The van der Waals surface area contributed by atoms with Crippen molar-refractivity contribution in [1.82, 2.24) is 0 Å². The van der Waals surface area contributed by atoms with Gasteiger partial charge in [0.15, 0.2) is 0 Å². The quantitative estimate of drug-likeness (QED) is 0.724. The largest absolute Gasteiger partial charge is 0.469 e. The maximum Gasteiger partial charge on any atom is 0.308 e. The Hall–Kier alpha value is -1.31. The van der Waals surface area contributed by atoms with Crippen molar-refractivity contribution in [2.24, 2.45) is 11.8 Å². The number of carbonyl (C=O) groups excluding carboxylic acids is 1. The fraction of sp³-hybridized carbons (Fsp3) is 0.588. The van der Waals surface area contributed by atoms with Crippen LogP contribution in [0.15, 0.2) is 24.3 Å². The lowest BCUT2D eigenvalue weighted by atomic mass is 9.90. The molecule has 1 aromatic rings. The number of rotatable bonds is 6. The van der Waals surface area contributed by atoms with Crippen molar-refractivity contribution in [3.8, 4) is 0 Å². The molecular formula is C17H24O2. The number of esters is 1. The van der Waals surface area contributed by atoms with Gasteiger partial charge in [0.2, 0.25) is 0 Å². The van der Waals surface area contributed by atoms with Crippen molar-refractivity contribution >= 4 is 5.97 Å². The summed E-state index contributed by atoms with van der Waals surface area (Å²) in [6.45, 7) is 4.41. The summed E-state index contributed by atoms with van der Waals surface area (Å²) in [6.07, 6.45) is 4.35. The van der Waals surface area contributed by atoms with Gasteiger partial charge in [-0.15, -0.1) is 0 Å². The Balaban J connectivity index is 1.95. The van der Waals surface area contributed by atoms with E-state index in [-0.39, 0.29) is 11.9 Å². The van der Waals surface area contributed by atoms with Crippen LogP contribution >= 0.6 is 0 Å². The first kappa shape index (κ1) is 14.1. The molecule has 0 heterocycles. The second kappa shape index (κ2) is 6.23. The summed E-state index contributed by atoms with van der Waals surface area (Å²) in [5.41, 5.74) is 2.80. The molecule has 1 fully saturated rings. The minimum Gasteiger partial charge on any atom is -0.469 e. The summed E-state index contributed by atoms with van der Waals surface area (Å²) in [7, 11) is 1.48. The average molecular weight is 260 g/mol. The van der Waals surface area contributed by atoms with Gasteiger partial charge in [0, 0.05) is 0 Å².